The molecule has 1 unspecified atom stereocenters. The summed E-state index contributed by atoms with van der Waals surface area (Å²) >= 11 is 0. The Kier molecular flexibility index (Phi) is 2.96. The maximum absolute atomic E-state index is 13.3. The van der Waals surface area contributed by atoms with Gasteiger partial charge in [-0.3, -0.25) is 0 Å². The fourth-order valence-corrected chi connectivity index (χ4v) is 1.48. The number of nitrogens with one attached hydrogen (secondary N) is 1. The molecule has 1 heterocycles. The van der Waals surface area contributed by atoms with Crippen molar-refractivity contribution in [1.82, 2.24) is 9.97 Å². The third kappa shape index (κ3) is 2.09. The zero-order chi connectivity index (χ0) is 11.5. The van der Waals surface area contributed by atoms with E-state index in [9.17, 15) is 13.9 Å². The van der Waals surface area contributed by atoms with Crippen LogP contribution in [-0.2, 0) is 6.42 Å². The lowest BCUT2D eigenvalue weighted by Gasteiger charge is -2.09. The molecular weight excluding hydrogens is 214 g/mol. The van der Waals surface area contributed by atoms with Crippen LogP contribution in [0.4, 0.5) is 8.78 Å². The zero-order valence-electron chi connectivity index (χ0n) is 8.32. The smallest absolute Gasteiger partial charge is 0.135 e. The summed E-state index contributed by atoms with van der Waals surface area (Å²) in [6.07, 6.45) is 1.82. The molecule has 1 atom stereocenters. The van der Waals surface area contributed by atoms with Crippen molar-refractivity contribution in [2.45, 2.75) is 12.5 Å². The molecule has 0 aliphatic heterocycles. The van der Waals surface area contributed by atoms with Gasteiger partial charge in [0.15, 0.2) is 0 Å². The number of aliphatic hydroxyl groups is 1. The van der Waals surface area contributed by atoms with Crippen molar-refractivity contribution in [2.75, 3.05) is 0 Å². The second-order valence-corrected chi connectivity index (χ2v) is 3.39. The number of imidazole rings is 1. The van der Waals surface area contributed by atoms with E-state index in [2.05, 4.69) is 9.97 Å². The number of aromatic amines is 1. The number of rotatable bonds is 3. The Bertz CT molecular complexity index is 451. The summed E-state index contributed by atoms with van der Waals surface area (Å²) in [5.74, 6) is -1.03. The topological polar surface area (TPSA) is 48.9 Å². The van der Waals surface area contributed by atoms with E-state index in [4.69, 9.17) is 0 Å². The minimum absolute atomic E-state index is 0.133. The third-order valence-corrected chi connectivity index (χ3v) is 2.29. The monoisotopic (exact) mass is 224 g/mol. The van der Waals surface area contributed by atoms with Crippen LogP contribution in [0.5, 0.6) is 0 Å². The van der Waals surface area contributed by atoms with Crippen LogP contribution in [0.3, 0.4) is 0 Å². The lowest BCUT2D eigenvalue weighted by molar-refractivity contribution is 0.166. The van der Waals surface area contributed by atoms with Crippen LogP contribution in [0.2, 0.25) is 0 Å². The predicted molar refractivity (Wildman–Crippen MR) is 53.6 cm³/mol. The van der Waals surface area contributed by atoms with E-state index in [0.717, 1.165) is 12.1 Å². The van der Waals surface area contributed by atoms with E-state index in [1.807, 2.05) is 0 Å². The van der Waals surface area contributed by atoms with Crippen LogP contribution in [0.1, 0.15) is 17.5 Å². The fraction of sp³-hybridized carbons (Fsp3) is 0.182. The van der Waals surface area contributed by atoms with Crippen LogP contribution < -0.4 is 0 Å². The summed E-state index contributed by atoms with van der Waals surface area (Å²) in [4.78, 5) is 6.51. The molecule has 0 aliphatic rings. The van der Waals surface area contributed by atoms with E-state index in [1.54, 1.807) is 0 Å². The summed E-state index contributed by atoms with van der Waals surface area (Å²) in [7, 11) is 0. The van der Waals surface area contributed by atoms with Crippen LogP contribution in [0.15, 0.2) is 30.6 Å². The molecule has 84 valence electrons. The van der Waals surface area contributed by atoms with Crippen LogP contribution >= 0.6 is 0 Å². The summed E-state index contributed by atoms with van der Waals surface area (Å²) in [6.45, 7) is 0. The summed E-state index contributed by atoms with van der Waals surface area (Å²) in [5, 5.41) is 9.68. The fourth-order valence-electron chi connectivity index (χ4n) is 1.48. The number of aliphatic hydroxyl groups excluding tert-OH is 1. The SMILES string of the molecule is OC(Cc1c(F)cccc1F)c1ncc[nH]1. The quantitative estimate of drug-likeness (QED) is 0.837. The minimum atomic E-state index is -1.04. The highest BCUT2D eigenvalue weighted by Crippen LogP contribution is 2.19. The van der Waals surface area contributed by atoms with Crippen molar-refractivity contribution >= 4 is 0 Å². The summed E-state index contributed by atoms with van der Waals surface area (Å²) in [5.41, 5.74) is -0.133. The molecule has 2 N–H and O–H groups in total. The van der Waals surface area contributed by atoms with E-state index >= 15 is 0 Å². The molecule has 0 saturated carbocycles. The molecule has 1 aromatic heterocycles. The molecule has 16 heavy (non-hydrogen) atoms. The van der Waals surface area contributed by atoms with Gasteiger partial charge in [-0.2, -0.15) is 0 Å². The Morgan fingerprint density at radius 2 is 2.00 bits per heavy atom. The highest BCUT2D eigenvalue weighted by Gasteiger charge is 2.16. The van der Waals surface area contributed by atoms with Gasteiger partial charge in [-0.1, -0.05) is 6.07 Å². The van der Waals surface area contributed by atoms with Gasteiger partial charge in [-0.15, -0.1) is 0 Å². The first-order valence-corrected chi connectivity index (χ1v) is 4.78. The Labute approximate surface area is 90.8 Å². The van der Waals surface area contributed by atoms with Crippen molar-refractivity contribution in [2.24, 2.45) is 0 Å². The van der Waals surface area contributed by atoms with Crippen molar-refractivity contribution in [3.63, 3.8) is 0 Å². The molecular formula is C11H10F2N2O. The standard InChI is InChI=1S/C11H10F2N2O/c12-8-2-1-3-9(13)7(8)6-10(16)11-14-4-5-15-11/h1-5,10,16H,6H2,(H,14,15). The molecule has 0 aliphatic carbocycles. The van der Waals surface area contributed by atoms with Crippen molar-refractivity contribution in [1.29, 1.82) is 0 Å². The maximum Gasteiger partial charge on any atom is 0.135 e. The Morgan fingerprint density at radius 1 is 1.31 bits per heavy atom. The molecule has 2 aromatic rings. The molecule has 0 amide bonds. The van der Waals surface area contributed by atoms with E-state index < -0.39 is 17.7 Å². The number of hydrogen-bond acceptors (Lipinski definition) is 2. The highest BCUT2D eigenvalue weighted by molar-refractivity contribution is 5.21. The number of hydrogen-bond donors (Lipinski definition) is 2. The van der Waals surface area contributed by atoms with Gasteiger partial charge >= 0.3 is 0 Å². The first-order valence-electron chi connectivity index (χ1n) is 4.78. The number of H-pyrrole nitrogens is 1. The van der Waals surface area contributed by atoms with Gasteiger partial charge in [0.05, 0.1) is 0 Å². The maximum atomic E-state index is 13.3. The number of nitrogens with zero attached hydrogens (tertiary/aromatic N) is 1. The average molecular weight is 224 g/mol. The average Bonchev–Trinajstić information content (AvgIpc) is 2.76. The second kappa shape index (κ2) is 4.40. The van der Waals surface area contributed by atoms with Gasteiger partial charge < -0.3 is 10.1 Å². The molecule has 0 spiro atoms. The first kappa shape index (κ1) is 10.8. The van der Waals surface area contributed by atoms with E-state index in [0.29, 0.717) is 5.82 Å². The first-order chi connectivity index (χ1) is 7.68. The summed E-state index contributed by atoms with van der Waals surface area (Å²) in [6, 6.07) is 3.61. The van der Waals surface area contributed by atoms with Gasteiger partial charge in [-0.25, -0.2) is 13.8 Å². The highest BCUT2D eigenvalue weighted by atomic mass is 19.1. The largest absolute Gasteiger partial charge is 0.385 e. The lowest BCUT2D eigenvalue weighted by Crippen LogP contribution is -2.07. The normalized spacial score (nSPS) is 12.7. The Balaban J connectivity index is 2.21. The zero-order valence-corrected chi connectivity index (χ0v) is 8.32. The molecule has 0 saturated heterocycles. The Hall–Kier alpha value is -1.75. The minimum Gasteiger partial charge on any atom is -0.385 e. The Morgan fingerprint density at radius 3 is 2.56 bits per heavy atom. The van der Waals surface area contributed by atoms with Crippen LogP contribution in [-0.4, -0.2) is 15.1 Å². The van der Waals surface area contributed by atoms with Crippen molar-refractivity contribution in [3.8, 4) is 0 Å². The molecule has 0 bridgehead atoms. The second-order valence-electron chi connectivity index (χ2n) is 3.39. The predicted octanol–water partition coefficient (Wildman–Crippen LogP) is 1.96. The van der Waals surface area contributed by atoms with Crippen molar-refractivity contribution < 1.29 is 13.9 Å². The van der Waals surface area contributed by atoms with E-state index in [-0.39, 0.29) is 12.0 Å². The van der Waals surface area contributed by atoms with Gasteiger partial charge in [0.25, 0.3) is 0 Å². The van der Waals surface area contributed by atoms with Gasteiger partial charge in [-0.05, 0) is 12.1 Å². The molecule has 1 aromatic carbocycles. The molecule has 2 rings (SSSR count). The van der Waals surface area contributed by atoms with Crippen LogP contribution in [0, 0.1) is 11.6 Å². The number of benzene rings is 1. The van der Waals surface area contributed by atoms with Gasteiger partial charge in [0.2, 0.25) is 0 Å². The molecule has 0 fully saturated rings. The molecule has 3 nitrogen and oxygen atoms in total. The summed E-state index contributed by atoms with van der Waals surface area (Å²) < 4.78 is 26.5. The third-order valence-electron chi connectivity index (χ3n) is 2.29. The van der Waals surface area contributed by atoms with Gasteiger partial charge in [0, 0.05) is 24.4 Å². The number of aromatic nitrogens is 2. The van der Waals surface area contributed by atoms with E-state index in [1.165, 1.54) is 18.5 Å². The number of halogens is 2. The van der Waals surface area contributed by atoms with Crippen LogP contribution in [0.25, 0.3) is 0 Å². The molecule has 5 heteroatoms. The lowest BCUT2D eigenvalue weighted by atomic mass is 10.1. The van der Waals surface area contributed by atoms with Gasteiger partial charge in [0.1, 0.15) is 23.6 Å². The van der Waals surface area contributed by atoms with Crippen molar-refractivity contribution in [3.05, 3.63) is 53.6 Å². The molecule has 0 radical (unpaired) electrons.